The van der Waals surface area contributed by atoms with E-state index in [0.29, 0.717) is 0 Å². The standard InChI is InChI=1S/C11H18O/c1-2-3-4-5-6-7-8-9-10-11-12/h2-5,11H,6-10H2,1H3. The molecule has 0 aromatic heterocycles. The summed E-state index contributed by atoms with van der Waals surface area (Å²) < 4.78 is 0. The minimum Gasteiger partial charge on any atom is -0.303 e. The van der Waals surface area contributed by atoms with Gasteiger partial charge in [0.2, 0.25) is 0 Å². The summed E-state index contributed by atoms with van der Waals surface area (Å²) in [6, 6.07) is 0. The maximum absolute atomic E-state index is 9.96. The third-order valence-corrected chi connectivity index (χ3v) is 1.63. The predicted octanol–water partition coefficient (Wildman–Crippen LogP) is 3.27. The highest BCUT2D eigenvalue weighted by molar-refractivity contribution is 5.48. The second-order valence-corrected chi connectivity index (χ2v) is 2.76. The molecule has 0 spiro atoms. The van der Waals surface area contributed by atoms with Crippen LogP contribution < -0.4 is 0 Å². The van der Waals surface area contributed by atoms with Gasteiger partial charge < -0.3 is 4.79 Å². The Labute approximate surface area is 75.2 Å². The number of carbonyl (C=O) groups excluding carboxylic acids is 1. The molecule has 0 saturated heterocycles. The van der Waals surface area contributed by atoms with Crippen molar-refractivity contribution in [3.63, 3.8) is 0 Å². The fourth-order valence-electron chi connectivity index (χ4n) is 0.953. The zero-order valence-corrected chi connectivity index (χ0v) is 7.83. The van der Waals surface area contributed by atoms with Crippen molar-refractivity contribution in [2.24, 2.45) is 0 Å². The smallest absolute Gasteiger partial charge is 0.119 e. The van der Waals surface area contributed by atoms with Crippen LogP contribution in [0.5, 0.6) is 0 Å². The molecule has 0 amide bonds. The number of rotatable bonds is 7. The molecule has 0 rings (SSSR count). The van der Waals surface area contributed by atoms with Gasteiger partial charge in [0.1, 0.15) is 6.29 Å². The molecule has 0 radical (unpaired) electrons. The molecule has 68 valence electrons. The van der Waals surface area contributed by atoms with Gasteiger partial charge >= 0.3 is 0 Å². The Balaban J connectivity index is 3.04. The van der Waals surface area contributed by atoms with E-state index in [4.69, 9.17) is 0 Å². The van der Waals surface area contributed by atoms with Crippen molar-refractivity contribution in [3.8, 4) is 0 Å². The largest absolute Gasteiger partial charge is 0.303 e. The summed E-state index contributed by atoms with van der Waals surface area (Å²) in [5.74, 6) is 0. The minimum absolute atomic E-state index is 0.721. The molecule has 0 aliphatic heterocycles. The van der Waals surface area contributed by atoms with Crippen LogP contribution in [0.3, 0.4) is 0 Å². The van der Waals surface area contributed by atoms with Gasteiger partial charge in [0, 0.05) is 6.42 Å². The Morgan fingerprint density at radius 3 is 2.42 bits per heavy atom. The number of hydrogen-bond acceptors (Lipinski definition) is 1. The zero-order valence-electron chi connectivity index (χ0n) is 7.83. The van der Waals surface area contributed by atoms with Gasteiger partial charge in [-0.15, -0.1) is 0 Å². The quantitative estimate of drug-likeness (QED) is 0.322. The van der Waals surface area contributed by atoms with Crippen LogP contribution in [0.4, 0.5) is 0 Å². The van der Waals surface area contributed by atoms with Crippen LogP contribution >= 0.6 is 0 Å². The summed E-state index contributed by atoms with van der Waals surface area (Å²) in [5, 5.41) is 0. The predicted molar refractivity (Wildman–Crippen MR) is 53.1 cm³/mol. The van der Waals surface area contributed by atoms with E-state index < -0.39 is 0 Å². The van der Waals surface area contributed by atoms with Gasteiger partial charge in [-0.3, -0.25) is 0 Å². The van der Waals surface area contributed by atoms with Gasteiger partial charge in [0.05, 0.1) is 0 Å². The highest BCUT2D eigenvalue weighted by Crippen LogP contribution is 2.02. The Morgan fingerprint density at radius 2 is 1.75 bits per heavy atom. The summed E-state index contributed by atoms with van der Waals surface area (Å²) >= 11 is 0. The molecular weight excluding hydrogens is 148 g/mol. The third kappa shape index (κ3) is 9.15. The number of carbonyl (C=O) groups is 1. The first-order valence-electron chi connectivity index (χ1n) is 4.63. The molecule has 0 fully saturated rings. The molecule has 1 heteroatoms. The Hall–Kier alpha value is -0.850. The summed E-state index contributed by atoms with van der Waals surface area (Å²) in [6.45, 7) is 2.01. The Bertz CT molecular complexity index is 145. The first kappa shape index (κ1) is 11.2. The van der Waals surface area contributed by atoms with Crippen LogP contribution in [0, 0.1) is 0 Å². The first-order valence-corrected chi connectivity index (χ1v) is 4.63. The van der Waals surface area contributed by atoms with Crippen LogP contribution in [-0.2, 0) is 4.79 Å². The van der Waals surface area contributed by atoms with E-state index in [-0.39, 0.29) is 0 Å². The van der Waals surface area contributed by atoms with Crippen molar-refractivity contribution in [2.45, 2.75) is 39.0 Å². The molecule has 0 atom stereocenters. The van der Waals surface area contributed by atoms with Crippen molar-refractivity contribution in [2.75, 3.05) is 0 Å². The SMILES string of the molecule is CC=CC=CCCCCCC=O. The van der Waals surface area contributed by atoms with E-state index in [1.165, 1.54) is 12.8 Å². The van der Waals surface area contributed by atoms with Crippen molar-refractivity contribution < 1.29 is 4.79 Å². The highest BCUT2D eigenvalue weighted by atomic mass is 16.1. The summed E-state index contributed by atoms with van der Waals surface area (Å²) in [7, 11) is 0. The molecule has 12 heavy (non-hydrogen) atoms. The lowest BCUT2D eigenvalue weighted by Crippen LogP contribution is -1.77. The lowest BCUT2D eigenvalue weighted by atomic mass is 10.1. The van der Waals surface area contributed by atoms with E-state index in [1.54, 1.807) is 0 Å². The van der Waals surface area contributed by atoms with E-state index in [1.807, 2.05) is 19.1 Å². The fraction of sp³-hybridized carbons (Fsp3) is 0.545. The van der Waals surface area contributed by atoms with Crippen LogP contribution in [0.25, 0.3) is 0 Å². The molecule has 0 bridgehead atoms. The minimum atomic E-state index is 0.721. The van der Waals surface area contributed by atoms with Gasteiger partial charge in [-0.1, -0.05) is 30.7 Å². The van der Waals surface area contributed by atoms with Crippen molar-refractivity contribution >= 4 is 6.29 Å². The summed E-state index contributed by atoms with van der Waals surface area (Å²) in [4.78, 5) is 9.96. The average Bonchev–Trinajstić information content (AvgIpc) is 2.10. The molecule has 1 nitrogen and oxygen atoms in total. The zero-order chi connectivity index (χ0) is 9.07. The lowest BCUT2D eigenvalue weighted by Gasteiger charge is -1.92. The number of unbranched alkanes of at least 4 members (excludes halogenated alkanes) is 4. The molecule has 0 saturated carbocycles. The lowest BCUT2D eigenvalue weighted by molar-refractivity contribution is -0.107. The molecular formula is C11H18O. The Morgan fingerprint density at radius 1 is 1.00 bits per heavy atom. The second kappa shape index (κ2) is 10.2. The van der Waals surface area contributed by atoms with Crippen LogP contribution in [0.2, 0.25) is 0 Å². The maximum Gasteiger partial charge on any atom is 0.119 e. The monoisotopic (exact) mass is 166 g/mol. The van der Waals surface area contributed by atoms with Crippen LogP contribution in [0.15, 0.2) is 24.3 Å². The van der Waals surface area contributed by atoms with Gasteiger partial charge in [0.15, 0.2) is 0 Å². The average molecular weight is 166 g/mol. The number of aldehydes is 1. The van der Waals surface area contributed by atoms with Crippen LogP contribution in [0.1, 0.15) is 39.0 Å². The summed E-state index contributed by atoms with van der Waals surface area (Å²) in [6.07, 6.45) is 14.5. The topological polar surface area (TPSA) is 17.1 Å². The number of hydrogen-bond donors (Lipinski definition) is 0. The summed E-state index contributed by atoms with van der Waals surface area (Å²) in [5.41, 5.74) is 0. The van der Waals surface area contributed by atoms with E-state index in [0.717, 1.165) is 25.5 Å². The van der Waals surface area contributed by atoms with E-state index in [2.05, 4.69) is 12.2 Å². The van der Waals surface area contributed by atoms with Crippen molar-refractivity contribution in [3.05, 3.63) is 24.3 Å². The van der Waals surface area contributed by atoms with Gasteiger partial charge in [-0.2, -0.15) is 0 Å². The van der Waals surface area contributed by atoms with Crippen molar-refractivity contribution in [1.29, 1.82) is 0 Å². The third-order valence-electron chi connectivity index (χ3n) is 1.63. The molecule has 0 unspecified atom stereocenters. The van der Waals surface area contributed by atoms with Crippen LogP contribution in [-0.4, -0.2) is 6.29 Å². The highest BCUT2D eigenvalue weighted by Gasteiger charge is 1.85. The fourth-order valence-corrected chi connectivity index (χ4v) is 0.953. The van der Waals surface area contributed by atoms with Gasteiger partial charge in [-0.25, -0.2) is 0 Å². The second-order valence-electron chi connectivity index (χ2n) is 2.76. The number of allylic oxidation sites excluding steroid dienone is 4. The van der Waals surface area contributed by atoms with Gasteiger partial charge in [0.25, 0.3) is 0 Å². The molecule has 0 aliphatic carbocycles. The van der Waals surface area contributed by atoms with Crippen molar-refractivity contribution in [1.82, 2.24) is 0 Å². The molecule has 0 aliphatic rings. The molecule has 0 aromatic carbocycles. The first-order chi connectivity index (χ1) is 5.91. The normalized spacial score (nSPS) is 11.4. The molecule has 0 heterocycles. The molecule has 0 N–H and O–H groups in total. The molecule has 0 aromatic rings. The van der Waals surface area contributed by atoms with E-state index >= 15 is 0 Å². The Kier molecular flexibility index (Phi) is 9.43. The van der Waals surface area contributed by atoms with Gasteiger partial charge in [-0.05, 0) is 26.2 Å². The van der Waals surface area contributed by atoms with E-state index in [9.17, 15) is 4.79 Å². The maximum atomic E-state index is 9.96.